The van der Waals surface area contributed by atoms with E-state index in [4.69, 9.17) is 9.15 Å². The number of nitrogens with zero attached hydrogens (tertiary/aromatic N) is 2. The molecule has 2 fully saturated rings. The average Bonchev–Trinajstić information content (AvgIpc) is 3.16. The van der Waals surface area contributed by atoms with Crippen LogP contribution in [0, 0.1) is 24.1 Å². The lowest BCUT2D eigenvalue weighted by Crippen LogP contribution is -2.42. The fraction of sp³-hybridized carbons (Fsp3) is 0.526. The second-order valence-corrected chi connectivity index (χ2v) is 7.26. The number of likely N-dealkylation sites (tertiary alicyclic amines) is 1. The second kappa shape index (κ2) is 6.52. The molecular weight excluding hydrogens is 323 g/mol. The molecule has 4 rings (SSSR count). The molecule has 0 radical (unpaired) electrons. The lowest BCUT2D eigenvalue weighted by Gasteiger charge is -2.36. The largest absolute Gasteiger partial charge is 0.441 e. The lowest BCUT2D eigenvalue weighted by atomic mass is 9.76. The van der Waals surface area contributed by atoms with Gasteiger partial charge in [0, 0.05) is 37.2 Å². The number of aromatic nitrogens is 1. The van der Waals surface area contributed by atoms with E-state index in [-0.39, 0.29) is 17.8 Å². The number of ether oxygens (including phenoxy) is 1. The first-order valence-corrected chi connectivity index (χ1v) is 8.73. The van der Waals surface area contributed by atoms with Gasteiger partial charge in [0.25, 0.3) is 0 Å². The summed E-state index contributed by atoms with van der Waals surface area (Å²) in [6, 6.07) is 6.16. The van der Waals surface area contributed by atoms with Crippen LogP contribution >= 0.6 is 0 Å². The van der Waals surface area contributed by atoms with Crippen molar-refractivity contribution < 1.29 is 18.7 Å². The molecule has 0 bridgehead atoms. The van der Waals surface area contributed by atoms with Crippen LogP contribution < -0.4 is 0 Å². The number of aliphatic hydroxyl groups is 1. The maximum atomic E-state index is 13.1. The van der Waals surface area contributed by atoms with E-state index in [0.29, 0.717) is 25.0 Å². The Balaban J connectivity index is 1.51. The summed E-state index contributed by atoms with van der Waals surface area (Å²) in [5.74, 6) is 1.49. The van der Waals surface area contributed by atoms with E-state index in [1.54, 1.807) is 12.1 Å². The molecule has 0 unspecified atom stereocenters. The van der Waals surface area contributed by atoms with Gasteiger partial charge in [-0.1, -0.05) is 0 Å². The number of fused-ring (bicyclic) bond motifs is 1. The zero-order chi connectivity index (χ0) is 17.4. The van der Waals surface area contributed by atoms with Crippen LogP contribution in [0.15, 0.2) is 28.7 Å². The molecule has 134 valence electrons. The highest BCUT2D eigenvalue weighted by Gasteiger charge is 2.48. The Morgan fingerprint density at radius 2 is 2.16 bits per heavy atom. The van der Waals surface area contributed by atoms with E-state index in [9.17, 15) is 9.50 Å². The molecule has 2 aliphatic heterocycles. The monoisotopic (exact) mass is 346 g/mol. The molecule has 2 aromatic rings. The first kappa shape index (κ1) is 16.7. The van der Waals surface area contributed by atoms with E-state index in [1.807, 2.05) is 6.92 Å². The van der Waals surface area contributed by atoms with Crippen molar-refractivity contribution in [3.8, 4) is 11.5 Å². The Morgan fingerprint density at radius 3 is 2.88 bits per heavy atom. The van der Waals surface area contributed by atoms with Gasteiger partial charge in [-0.3, -0.25) is 4.90 Å². The maximum Gasteiger partial charge on any atom is 0.226 e. The van der Waals surface area contributed by atoms with Crippen molar-refractivity contribution in [1.29, 1.82) is 0 Å². The number of halogens is 1. The highest BCUT2D eigenvalue weighted by molar-refractivity contribution is 5.53. The van der Waals surface area contributed by atoms with Crippen LogP contribution in [0.5, 0.6) is 0 Å². The number of benzene rings is 1. The minimum absolute atomic E-state index is 0.143. The molecule has 1 aromatic carbocycles. The summed E-state index contributed by atoms with van der Waals surface area (Å²) in [6.07, 6.45) is 0.996. The van der Waals surface area contributed by atoms with Crippen LogP contribution in [0.3, 0.4) is 0 Å². The van der Waals surface area contributed by atoms with Gasteiger partial charge in [-0.15, -0.1) is 0 Å². The molecule has 1 aromatic heterocycles. The van der Waals surface area contributed by atoms with Crippen molar-refractivity contribution >= 4 is 0 Å². The quantitative estimate of drug-likeness (QED) is 0.922. The van der Waals surface area contributed by atoms with Gasteiger partial charge in [0.15, 0.2) is 0 Å². The van der Waals surface area contributed by atoms with Crippen LogP contribution in [0.25, 0.3) is 11.5 Å². The number of aryl methyl sites for hydroxylation is 1. The summed E-state index contributed by atoms with van der Waals surface area (Å²) in [6.45, 7) is 5.92. The van der Waals surface area contributed by atoms with E-state index in [1.165, 1.54) is 12.1 Å². The minimum Gasteiger partial charge on any atom is -0.441 e. The molecule has 0 amide bonds. The summed E-state index contributed by atoms with van der Waals surface area (Å²) in [5, 5.41) is 9.89. The van der Waals surface area contributed by atoms with Crippen LogP contribution in [-0.4, -0.2) is 47.9 Å². The van der Waals surface area contributed by atoms with Gasteiger partial charge in [-0.05, 0) is 43.5 Å². The molecule has 0 spiro atoms. The molecule has 25 heavy (non-hydrogen) atoms. The number of hydrogen-bond acceptors (Lipinski definition) is 5. The van der Waals surface area contributed by atoms with Gasteiger partial charge in [-0.25, -0.2) is 9.37 Å². The third-order valence-corrected chi connectivity index (χ3v) is 5.56. The lowest BCUT2D eigenvalue weighted by molar-refractivity contribution is -0.0561. The van der Waals surface area contributed by atoms with Gasteiger partial charge in [0.1, 0.15) is 11.6 Å². The smallest absolute Gasteiger partial charge is 0.226 e. The molecule has 2 atom stereocenters. The van der Waals surface area contributed by atoms with Gasteiger partial charge in [0.2, 0.25) is 5.89 Å². The first-order valence-electron chi connectivity index (χ1n) is 8.73. The average molecular weight is 346 g/mol. The number of hydrogen-bond donors (Lipinski definition) is 1. The molecule has 6 heteroatoms. The van der Waals surface area contributed by atoms with Crippen molar-refractivity contribution in [2.75, 3.05) is 32.9 Å². The third-order valence-electron chi connectivity index (χ3n) is 5.56. The van der Waals surface area contributed by atoms with E-state index >= 15 is 0 Å². The van der Waals surface area contributed by atoms with Crippen molar-refractivity contribution in [2.45, 2.75) is 19.9 Å². The number of oxazole rings is 1. The van der Waals surface area contributed by atoms with Gasteiger partial charge < -0.3 is 14.3 Å². The van der Waals surface area contributed by atoms with E-state index in [0.717, 1.165) is 43.1 Å². The Labute approximate surface area is 146 Å². The van der Waals surface area contributed by atoms with Crippen LogP contribution in [0.1, 0.15) is 17.9 Å². The molecular formula is C19H23FN2O3. The van der Waals surface area contributed by atoms with Crippen LogP contribution in [-0.2, 0) is 11.3 Å². The highest BCUT2D eigenvalue weighted by atomic mass is 19.1. The normalized spacial score (nSPS) is 26.8. The van der Waals surface area contributed by atoms with Gasteiger partial charge in [0.05, 0.1) is 18.9 Å². The molecule has 0 aliphatic carbocycles. The SMILES string of the molecule is Cc1oc(-c2ccc(F)cc2)nc1CN1C[C@@H]2CCOC[C@]2(CO)C1. The zero-order valence-corrected chi connectivity index (χ0v) is 14.4. The maximum absolute atomic E-state index is 13.1. The molecule has 1 N–H and O–H groups in total. The standard InChI is InChI=1S/C19H23FN2O3/c1-13-17(21-18(25-13)14-2-4-16(20)5-3-14)9-22-8-15-6-7-24-12-19(15,10-22)11-23/h2-5,15,23H,6-12H2,1H3/t15-,19+/m0/s1. The predicted molar refractivity (Wildman–Crippen MR) is 90.4 cm³/mol. The molecule has 0 saturated carbocycles. The molecule has 3 heterocycles. The first-order chi connectivity index (χ1) is 12.1. The van der Waals surface area contributed by atoms with Crippen LogP contribution in [0.2, 0.25) is 0 Å². The van der Waals surface area contributed by atoms with Gasteiger partial charge >= 0.3 is 0 Å². The summed E-state index contributed by atoms with van der Waals surface area (Å²) >= 11 is 0. The Hall–Kier alpha value is -1.76. The summed E-state index contributed by atoms with van der Waals surface area (Å²) in [5.41, 5.74) is 1.52. The van der Waals surface area contributed by atoms with Crippen molar-refractivity contribution in [1.82, 2.24) is 9.88 Å². The van der Waals surface area contributed by atoms with Crippen LogP contribution in [0.4, 0.5) is 4.39 Å². The summed E-state index contributed by atoms with van der Waals surface area (Å²) < 4.78 is 24.5. The number of aliphatic hydroxyl groups excluding tert-OH is 1. The summed E-state index contributed by atoms with van der Waals surface area (Å²) in [4.78, 5) is 6.94. The fourth-order valence-electron chi connectivity index (χ4n) is 4.05. The zero-order valence-electron chi connectivity index (χ0n) is 14.4. The molecule has 5 nitrogen and oxygen atoms in total. The van der Waals surface area contributed by atoms with Crippen molar-refractivity contribution in [3.63, 3.8) is 0 Å². The Bertz CT molecular complexity index is 746. The van der Waals surface area contributed by atoms with Gasteiger partial charge in [-0.2, -0.15) is 0 Å². The molecule has 2 aliphatic rings. The summed E-state index contributed by atoms with van der Waals surface area (Å²) in [7, 11) is 0. The van der Waals surface area contributed by atoms with E-state index in [2.05, 4.69) is 9.88 Å². The fourth-order valence-corrected chi connectivity index (χ4v) is 4.05. The minimum atomic E-state index is -0.275. The van der Waals surface area contributed by atoms with Crippen molar-refractivity contribution in [3.05, 3.63) is 41.5 Å². The van der Waals surface area contributed by atoms with E-state index < -0.39 is 0 Å². The predicted octanol–water partition coefficient (Wildman–Crippen LogP) is 2.62. The molecule has 2 saturated heterocycles. The Kier molecular flexibility index (Phi) is 4.35. The third kappa shape index (κ3) is 3.10. The Morgan fingerprint density at radius 1 is 1.36 bits per heavy atom. The highest BCUT2D eigenvalue weighted by Crippen LogP contribution is 2.41. The topological polar surface area (TPSA) is 58.7 Å². The van der Waals surface area contributed by atoms with Crippen molar-refractivity contribution in [2.24, 2.45) is 11.3 Å². The second-order valence-electron chi connectivity index (χ2n) is 7.26. The number of rotatable bonds is 4.